The van der Waals surface area contributed by atoms with Crippen molar-refractivity contribution in [1.82, 2.24) is 4.31 Å². The fourth-order valence-electron chi connectivity index (χ4n) is 1.91. The van der Waals surface area contributed by atoms with Gasteiger partial charge in [0.2, 0.25) is 10.0 Å². The zero-order valence-corrected chi connectivity index (χ0v) is 12.8. The molecule has 0 aromatic heterocycles. The maximum Gasteiger partial charge on any atom is 0.402 e. The summed E-state index contributed by atoms with van der Waals surface area (Å²) in [7, 11) is -4.19. The van der Waals surface area contributed by atoms with E-state index >= 15 is 0 Å². The molecule has 1 aromatic rings. The van der Waals surface area contributed by atoms with Gasteiger partial charge in [0.05, 0.1) is 4.90 Å². The lowest BCUT2D eigenvalue weighted by molar-refractivity contribution is -0.136. The topological polar surface area (TPSA) is 63.4 Å². The fourth-order valence-corrected chi connectivity index (χ4v) is 3.48. The van der Waals surface area contributed by atoms with E-state index in [1.165, 1.54) is 12.1 Å². The number of sulfonamides is 1. The van der Waals surface area contributed by atoms with Gasteiger partial charge in [0.25, 0.3) is 0 Å². The normalized spacial score (nSPS) is 12.9. The maximum absolute atomic E-state index is 12.6. The van der Waals surface area contributed by atoms with E-state index < -0.39 is 22.7 Å². The molecular weight excluding hydrogens is 305 g/mol. The van der Waals surface area contributed by atoms with E-state index in [-0.39, 0.29) is 18.0 Å². The number of rotatable bonds is 6. The highest BCUT2D eigenvalue weighted by Crippen LogP contribution is 2.24. The molecule has 0 saturated heterocycles. The van der Waals surface area contributed by atoms with Crippen molar-refractivity contribution in [3.8, 4) is 0 Å². The van der Waals surface area contributed by atoms with Crippen molar-refractivity contribution in [2.24, 2.45) is 5.73 Å². The van der Waals surface area contributed by atoms with Crippen LogP contribution in [0.1, 0.15) is 24.5 Å². The summed E-state index contributed by atoms with van der Waals surface area (Å²) in [6, 6.07) is 4.19. The summed E-state index contributed by atoms with van der Waals surface area (Å²) < 4.78 is 62.9. The van der Waals surface area contributed by atoms with E-state index in [0.717, 1.165) is 5.56 Å². The highest BCUT2D eigenvalue weighted by Gasteiger charge is 2.36. The third-order valence-electron chi connectivity index (χ3n) is 3.01. The molecule has 120 valence electrons. The van der Waals surface area contributed by atoms with Gasteiger partial charge in [-0.25, -0.2) is 8.42 Å². The number of nitrogens with zero attached hydrogens (tertiary/aromatic N) is 1. The highest BCUT2D eigenvalue weighted by atomic mass is 32.2. The SMILES string of the molecule is CCCN(CC(F)(F)F)S(=O)(=O)c1ccc(C)c(CN)c1. The molecule has 2 N–H and O–H groups in total. The monoisotopic (exact) mass is 324 g/mol. The zero-order chi connectivity index (χ0) is 16.3. The predicted molar refractivity (Wildman–Crippen MR) is 74.2 cm³/mol. The van der Waals surface area contributed by atoms with Crippen LogP contribution in [0, 0.1) is 6.92 Å². The lowest BCUT2D eigenvalue weighted by Gasteiger charge is -2.23. The second kappa shape index (κ2) is 6.76. The van der Waals surface area contributed by atoms with Crippen LogP contribution >= 0.6 is 0 Å². The molecule has 0 bridgehead atoms. The number of benzene rings is 1. The Kier molecular flexibility index (Phi) is 5.77. The van der Waals surface area contributed by atoms with Crippen LogP contribution in [0.4, 0.5) is 13.2 Å². The molecule has 0 unspecified atom stereocenters. The van der Waals surface area contributed by atoms with E-state index in [2.05, 4.69) is 0 Å². The molecule has 0 saturated carbocycles. The number of hydrogen-bond acceptors (Lipinski definition) is 3. The standard InChI is InChI=1S/C13H19F3N2O2S/c1-3-6-18(9-13(14,15)16)21(19,20)12-5-4-10(2)11(7-12)8-17/h4-5,7H,3,6,8-9,17H2,1-2H3. The van der Waals surface area contributed by atoms with Crippen molar-refractivity contribution >= 4 is 10.0 Å². The quantitative estimate of drug-likeness (QED) is 0.874. The molecule has 21 heavy (non-hydrogen) atoms. The summed E-state index contributed by atoms with van der Waals surface area (Å²) in [5.74, 6) is 0. The zero-order valence-electron chi connectivity index (χ0n) is 11.9. The van der Waals surface area contributed by atoms with Crippen molar-refractivity contribution in [2.45, 2.75) is 37.9 Å². The summed E-state index contributed by atoms with van der Waals surface area (Å²) in [5, 5.41) is 0. The van der Waals surface area contributed by atoms with Gasteiger partial charge in [0.1, 0.15) is 6.54 Å². The largest absolute Gasteiger partial charge is 0.402 e. The molecule has 0 spiro atoms. The lowest BCUT2D eigenvalue weighted by Crippen LogP contribution is -2.39. The summed E-state index contributed by atoms with van der Waals surface area (Å²) in [6.07, 6.45) is -4.28. The summed E-state index contributed by atoms with van der Waals surface area (Å²) in [5.41, 5.74) is 6.91. The molecule has 8 heteroatoms. The van der Waals surface area contributed by atoms with E-state index in [9.17, 15) is 21.6 Å². The van der Waals surface area contributed by atoms with Gasteiger partial charge >= 0.3 is 6.18 Å². The Balaban J connectivity index is 3.22. The van der Waals surface area contributed by atoms with Crippen molar-refractivity contribution < 1.29 is 21.6 Å². The lowest BCUT2D eigenvalue weighted by atomic mass is 10.1. The molecule has 0 radical (unpaired) electrons. The molecule has 0 atom stereocenters. The van der Waals surface area contributed by atoms with Crippen LogP contribution in [0.3, 0.4) is 0 Å². The van der Waals surface area contributed by atoms with Gasteiger partial charge in [-0.1, -0.05) is 13.0 Å². The van der Waals surface area contributed by atoms with Crippen molar-refractivity contribution in [3.05, 3.63) is 29.3 Å². The first-order valence-electron chi connectivity index (χ1n) is 6.48. The van der Waals surface area contributed by atoms with E-state index in [1.54, 1.807) is 19.9 Å². The molecule has 1 aromatic carbocycles. The minimum atomic E-state index is -4.58. The minimum Gasteiger partial charge on any atom is -0.326 e. The molecule has 1 rings (SSSR count). The number of nitrogens with two attached hydrogens (primary N) is 1. The van der Waals surface area contributed by atoms with Crippen molar-refractivity contribution in [2.75, 3.05) is 13.1 Å². The molecule has 0 heterocycles. The highest BCUT2D eigenvalue weighted by molar-refractivity contribution is 7.89. The Morgan fingerprint density at radius 3 is 2.38 bits per heavy atom. The van der Waals surface area contributed by atoms with Crippen LogP contribution in [0.25, 0.3) is 0 Å². The number of hydrogen-bond donors (Lipinski definition) is 1. The third-order valence-corrected chi connectivity index (χ3v) is 4.85. The molecule has 0 fully saturated rings. The van der Waals surface area contributed by atoms with Gasteiger partial charge < -0.3 is 5.73 Å². The maximum atomic E-state index is 12.6. The summed E-state index contributed by atoms with van der Waals surface area (Å²) in [4.78, 5) is -0.161. The first kappa shape index (κ1) is 17.9. The number of halogens is 3. The molecule has 0 aliphatic rings. The van der Waals surface area contributed by atoms with Crippen LogP contribution in [0.2, 0.25) is 0 Å². The minimum absolute atomic E-state index is 0.127. The van der Waals surface area contributed by atoms with Gasteiger partial charge in [-0.05, 0) is 36.6 Å². The first-order valence-corrected chi connectivity index (χ1v) is 7.92. The van der Waals surface area contributed by atoms with E-state index in [0.29, 0.717) is 16.3 Å². The van der Waals surface area contributed by atoms with Gasteiger partial charge in [0.15, 0.2) is 0 Å². The van der Waals surface area contributed by atoms with Crippen LogP contribution < -0.4 is 5.73 Å². The molecule has 0 amide bonds. The van der Waals surface area contributed by atoms with Crippen molar-refractivity contribution in [3.63, 3.8) is 0 Å². The third kappa shape index (κ3) is 4.69. The Morgan fingerprint density at radius 1 is 1.29 bits per heavy atom. The average Bonchev–Trinajstić information content (AvgIpc) is 2.37. The van der Waals surface area contributed by atoms with Gasteiger partial charge in [-0.3, -0.25) is 0 Å². The Labute approximate surface area is 122 Å². The number of aryl methyl sites for hydroxylation is 1. The Bertz CT molecular complexity index is 586. The van der Waals surface area contributed by atoms with Crippen LogP contribution in [-0.2, 0) is 16.6 Å². The van der Waals surface area contributed by atoms with Crippen LogP contribution in [-0.4, -0.2) is 32.0 Å². The first-order chi connectivity index (χ1) is 9.61. The predicted octanol–water partition coefficient (Wildman–Crippen LogP) is 2.42. The van der Waals surface area contributed by atoms with Gasteiger partial charge in [0, 0.05) is 13.1 Å². The molecular formula is C13H19F3N2O2S. The van der Waals surface area contributed by atoms with E-state index in [4.69, 9.17) is 5.73 Å². The Morgan fingerprint density at radius 2 is 1.90 bits per heavy atom. The van der Waals surface area contributed by atoms with E-state index in [1.807, 2.05) is 0 Å². The van der Waals surface area contributed by atoms with Crippen LogP contribution in [0.15, 0.2) is 23.1 Å². The fraction of sp³-hybridized carbons (Fsp3) is 0.538. The van der Waals surface area contributed by atoms with Crippen molar-refractivity contribution in [1.29, 1.82) is 0 Å². The van der Waals surface area contributed by atoms with Gasteiger partial charge in [-0.15, -0.1) is 0 Å². The number of alkyl halides is 3. The summed E-state index contributed by atoms with van der Waals surface area (Å²) in [6.45, 7) is 1.84. The van der Waals surface area contributed by atoms with Crippen LogP contribution in [0.5, 0.6) is 0 Å². The summed E-state index contributed by atoms with van der Waals surface area (Å²) >= 11 is 0. The smallest absolute Gasteiger partial charge is 0.326 e. The van der Waals surface area contributed by atoms with Gasteiger partial charge in [-0.2, -0.15) is 17.5 Å². The molecule has 0 aliphatic heterocycles. The average molecular weight is 324 g/mol. The molecule has 0 aliphatic carbocycles. The Hall–Kier alpha value is -1.12. The second-order valence-corrected chi connectivity index (χ2v) is 6.68. The molecule has 4 nitrogen and oxygen atoms in total. The second-order valence-electron chi connectivity index (χ2n) is 4.75.